The standard InChI is InChI=1S/C25H29NO.ClH/c1-21(19-26(2)20-23-14-8-4-9-15-23)25(27,24-16-10-5-11-17-24)18-22-12-6-3-7-13-22;/h3-17,21,27H,18-20H2,1-2H3;1H. The van der Waals surface area contributed by atoms with E-state index >= 15 is 0 Å². The summed E-state index contributed by atoms with van der Waals surface area (Å²) in [6, 6.07) is 30.8. The lowest BCUT2D eigenvalue weighted by Gasteiger charge is -2.37. The summed E-state index contributed by atoms with van der Waals surface area (Å²) in [5, 5.41) is 11.8. The van der Waals surface area contributed by atoms with Crippen LogP contribution in [0.25, 0.3) is 0 Å². The number of nitrogens with zero attached hydrogens (tertiary/aromatic N) is 1. The van der Waals surface area contributed by atoms with Gasteiger partial charge < -0.3 is 10.0 Å². The molecule has 0 heterocycles. The van der Waals surface area contributed by atoms with E-state index in [2.05, 4.69) is 55.3 Å². The summed E-state index contributed by atoms with van der Waals surface area (Å²) in [4.78, 5) is 2.29. The van der Waals surface area contributed by atoms with E-state index in [-0.39, 0.29) is 18.3 Å². The van der Waals surface area contributed by atoms with Gasteiger partial charge in [0.1, 0.15) is 0 Å². The lowest BCUT2D eigenvalue weighted by molar-refractivity contribution is -0.0282. The zero-order valence-corrected chi connectivity index (χ0v) is 17.5. The van der Waals surface area contributed by atoms with Gasteiger partial charge in [-0.15, -0.1) is 12.4 Å². The largest absolute Gasteiger partial charge is 0.384 e. The Kier molecular flexibility index (Phi) is 8.25. The molecule has 0 aliphatic heterocycles. The molecule has 148 valence electrons. The minimum absolute atomic E-state index is 0. The minimum atomic E-state index is -0.909. The van der Waals surface area contributed by atoms with Crippen LogP contribution >= 0.6 is 12.4 Å². The first-order valence-electron chi connectivity index (χ1n) is 9.62. The normalized spacial score (nSPS) is 14.1. The van der Waals surface area contributed by atoms with Crippen molar-refractivity contribution in [1.82, 2.24) is 4.90 Å². The SMILES string of the molecule is CC(CN(C)Cc1ccccc1)C(O)(Cc1ccccc1)c1ccccc1.Cl. The van der Waals surface area contributed by atoms with Gasteiger partial charge in [-0.2, -0.15) is 0 Å². The van der Waals surface area contributed by atoms with Gasteiger partial charge in [-0.1, -0.05) is 97.9 Å². The predicted molar refractivity (Wildman–Crippen MR) is 120 cm³/mol. The highest BCUT2D eigenvalue weighted by Crippen LogP contribution is 2.34. The van der Waals surface area contributed by atoms with Crippen LogP contribution in [0.15, 0.2) is 91.0 Å². The van der Waals surface area contributed by atoms with Crippen molar-refractivity contribution in [2.75, 3.05) is 13.6 Å². The molecule has 0 aromatic heterocycles. The zero-order valence-electron chi connectivity index (χ0n) is 16.7. The van der Waals surface area contributed by atoms with Crippen molar-refractivity contribution in [3.05, 3.63) is 108 Å². The van der Waals surface area contributed by atoms with E-state index in [4.69, 9.17) is 0 Å². The fraction of sp³-hybridized carbons (Fsp3) is 0.280. The molecule has 0 saturated heterocycles. The topological polar surface area (TPSA) is 23.5 Å². The fourth-order valence-corrected chi connectivity index (χ4v) is 3.77. The van der Waals surface area contributed by atoms with E-state index in [0.29, 0.717) is 6.42 Å². The van der Waals surface area contributed by atoms with Gasteiger partial charge in [-0.3, -0.25) is 0 Å². The molecule has 3 aromatic carbocycles. The third-order valence-electron chi connectivity index (χ3n) is 5.29. The second-order valence-electron chi connectivity index (χ2n) is 7.54. The van der Waals surface area contributed by atoms with Crippen LogP contribution in [0.3, 0.4) is 0 Å². The highest BCUT2D eigenvalue weighted by atomic mass is 35.5. The molecule has 2 atom stereocenters. The molecular formula is C25H30ClNO. The lowest BCUT2D eigenvalue weighted by atomic mass is 9.77. The first-order valence-corrected chi connectivity index (χ1v) is 9.62. The summed E-state index contributed by atoms with van der Waals surface area (Å²) < 4.78 is 0. The average Bonchev–Trinajstić information content (AvgIpc) is 2.70. The Hall–Kier alpha value is -2.13. The molecule has 1 N–H and O–H groups in total. The van der Waals surface area contributed by atoms with Crippen molar-refractivity contribution in [3.8, 4) is 0 Å². The maximum absolute atomic E-state index is 11.8. The molecular weight excluding hydrogens is 366 g/mol. The second-order valence-corrected chi connectivity index (χ2v) is 7.54. The van der Waals surface area contributed by atoms with Crippen molar-refractivity contribution in [2.24, 2.45) is 5.92 Å². The van der Waals surface area contributed by atoms with Crippen molar-refractivity contribution < 1.29 is 5.11 Å². The highest BCUT2D eigenvalue weighted by Gasteiger charge is 2.36. The highest BCUT2D eigenvalue weighted by molar-refractivity contribution is 5.85. The molecule has 3 aromatic rings. The third kappa shape index (κ3) is 5.68. The molecule has 28 heavy (non-hydrogen) atoms. The van der Waals surface area contributed by atoms with Crippen LogP contribution in [0.1, 0.15) is 23.6 Å². The van der Waals surface area contributed by atoms with Gasteiger partial charge >= 0.3 is 0 Å². The molecule has 0 amide bonds. The number of hydrogen-bond donors (Lipinski definition) is 1. The lowest BCUT2D eigenvalue weighted by Crippen LogP contribution is -2.41. The maximum Gasteiger partial charge on any atom is 0.0974 e. The average molecular weight is 396 g/mol. The van der Waals surface area contributed by atoms with E-state index < -0.39 is 5.60 Å². The fourth-order valence-electron chi connectivity index (χ4n) is 3.77. The van der Waals surface area contributed by atoms with Gasteiger partial charge in [0.15, 0.2) is 0 Å². The van der Waals surface area contributed by atoms with E-state index in [1.165, 1.54) is 5.56 Å². The Morgan fingerprint density at radius 2 is 1.25 bits per heavy atom. The van der Waals surface area contributed by atoms with Crippen LogP contribution < -0.4 is 0 Å². The summed E-state index contributed by atoms with van der Waals surface area (Å²) in [5.41, 5.74) is 2.52. The molecule has 0 aliphatic carbocycles. The minimum Gasteiger partial charge on any atom is -0.384 e. The molecule has 0 spiro atoms. The second kappa shape index (κ2) is 10.4. The molecule has 0 radical (unpaired) electrons. The Bertz CT molecular complexity index is 810. The number of halogens is 1. The smallest absolute Gasteiger partial charge is 0.0974 e. The summed E-state index contributed by atoms with van der Waals surface area (Å²) in [7, 11) is 2.12. The summed E-state index contributed by atoms with van der Waals surface area (Å²) in [5.74, 6) is 0.0776. The Balaban J connectivity index is 0.00000280. The number of rotatable bonds is 8. The Morgan fingerprint density at radius 1 is 0.786 bits per heavy atom. The molecule has 3 heteroatoms. The summed E-state index contributed by atoms with van der Waals surface area (Å²) in [6.45, 7) is 3.84. The van der Waals surface area contributed by atoms with Crippen molar-refractivity contribution in [1.29, 1.82) is 0 Å². The van der Waals surface area contributed by atoms with Gasteiger partial charge in [-0.25, -0.2) is 0 Å². The van der Waals surface area contributed by atoms with Gasteiger partial charge in [0.05, 0.1) is 5.60 Å². The van der Waals surface area contributed by atoms with E-state index in [9.17, 15) is 5.11 Å². The van der Waals surface area contributed by atoms with Gasteiger partial charge in [0, 0.05) is 25.4 Å². The van der Waals surface area contributed by atoms with Crippen LogP contribution in [0.2, 0.25) is 0 Å². The van der Waals surface area contributed by atoms with Crippen LogP contribution in [0.5, 0.6) is 0 Å². The quantitative estimate of drug-likeness (QED) is 0.558. The summed E-state index contributed by atoms with van der Waals surface area (Å²) in [6.07, 6.45) is 0.609. The maximum atomic E-state index is 11.8. The van der Waals surface area contributed by atoms with E-state index in [1.807, 2.05) is 54.6 Å². The van der Waals surface area contributed by atoms with Crippen LogP contribution in [0.4, 0.5) is 0 Å². The third-order valence-corrected chi connectivity index (χ3v) is 5.29. The summed E-state index contributed by atoms with van der Waals surface area (Å²) >= 11 is 0. The van der Waals surface area contributed by atoms with Crippen molar-refractivity contribution in [2.45, 2.75) is 25.5 Å². The monoisotopic (exact) mass is 395 g/mol. The predicted octanol–water partition coefficient (Wildman–Crippen LogP) is 5.31. The molecule has 0 saturated carbocycles. The van der Waals surface area contributed by atoms with Crippen molar-refractivity contribution >= 4 is 12.4 Å². The number of benzene rings is 3. The van der Waals surface area contributed by atoms with E-state index in [0.717, 1.165) is 24.2 Å². The van der Waals surface area contributed by atoms with Crippen LogP contribution in [0, 0.1) is 5.92 Å². The first kappa shape index (κ1) is 22.2. The Morgan fingerprint density at radius 3 is 1.79 bits per heavy atom. The van der Waals surface area contributed by atoms with Gasteiger partial charge in [0.25, 0.3) is 0 Å². The molecule has 0 aliphatic rings. The van der Waals surface area contributed by atoms with Gasteiger partial charge in [-0.05, 0) is 23.7 Å². The molecule has 0 bridgehead atoms. The van der Waals surface area contributed by atoms with Crippen molar-refractivity contribution in [3.63, 3.8) is 0 Å². The zero-order chi connectivity index (χ0) is 19.1. The Labute approximate surface area is 175 Å². The first-order chi connectivity index (χ1) is 13.1. The number of hydrogen-bond acceptors (Lipinski definition) is 2. The molecule has 2 nitrogen and oxygen atoms in total. The van der Waals surface area contributed by atoms with E-state index in [1.54, 1.807) is 0 Å². The molecule has 3 rings (SSSR count). The van der Waals surface area contributed by atoms with Crippen LogP contribution in [-0.4, -0.2) is 23.6 Å². The number of aliphatic hydroxyl groups is 1. The molecule has 2 unspecified atom stereocenters. The molecule has 0 fully saturated rings. The van der Waals surface area contributed by atoms with Crippen LogP contribution in [-0.2, 0) is 18.6 Å². The van der Waals surface area contributed by atoms with Gasteiger partial charge in [0.2, 0.25) is 0 Å².